The van der Waals surface area contributed by atoms with Crippen LogP contribution in [0.5, 0.6) is 0 Å². The average Bonchev–Trinajstić information content (AvgIpc) is 2.88. The van der Waals surface area contributed by atoms with Gasteiger partial charge in [0.25, 0.3) is 0 Å². The second-order valence-electron chi connectivity index (χ2n) is 4.87. The van der Waals surface area contributed by atoms with E-state index in [0.29, 0.717) is 11.3 Å². The number of nitrogens with one attached hydrogen (secondary N) is 1. The zero-order chi connectivity index (χ0) is 17.0. The van der Waals surface area contributed by atoms with Gasteiger partial charge in [-0.2, -0.15) is 13.2 Å². The smallest absolute Gasteiger partial charge is 0.358 e. The molecule has 0 saturated carbocycles. The Morgan fingerprint density at radius 3 is 2.57 bits per heavy atom. The molecule has 1 atom stereocenters. The van der Waals surface area contributed by atoms with Gasteiger partial charge in [-0.1, -0.05) is 42.1 Å². The lowest BCUT2D eigenvalue weighted by Gasteiger charge is -2.15. The van der Waals surface area contributed by atoms with Gasteiger partial charge in [0.15, 0.2) is 5.16 Å². The maximum Gasteiger partial charge on any atom is 0.406 e. The number of amides is 1. The van der Waals surface area contributed by atoms with Crippen molar-refractivity contribution >= 4 is 17.7 Å². The van der Waals surface area contributed by atoms with Gasteiger partial charge in [-0.25, -0.2) is 4.98 Å². The Balaban J connectivity index is 2.39. The summed E-state index contributed by atoms with van der Waals surface area (Å²) in [6, 6.07) is 8.73. The standard InChI is InChI=1S/C15H16F3N3OS/c1-10(13(22)19-2)23-14-20-8-12(11-6-4-3-5-7-11)21(14)9-15(16,17)18/h3-8,10H,9H2,1-2H3,(H,19,22). The zero-order valence-corrected chi connectivity index (χ0v) is 13.4. The molecule has 0 spiro atoms. The Kier molecular flexibility index (Phi) is 5.35. The van der Waals surface area contributed by atoms with Crippen molar-refractivity contribution in [3.63, 3.8) is 0 Å². The van der Waals surface area contributed by atoms with Crippen molar-refractivity contribution in [2.45, 2.75) is 30.1 Å². The molecule has 4 nitrogen and oxygen atoms in total. The van der Waals surface area contributed by atoms with Crippen LogP contribution >= 0.6 is 11.8 Å². The molecule has 0 aliphatic heterocycles. The number of carbonyl (C=O) groups is 1. The van der Waals surface area contributed by atoms with E-state index in [9.17, 15) is 18.0 Å². The summed E-state index contributed by atoms with van der Waals surface area (Å²) < 4.78 is 39.9. The average molecular weight is 343 g/mol. The van der Waals surface area contributed by atoms with Crippen molar-refractivity contribution in [2.24, 2.45) is 0 Å². The third kappa shape index (κ3) is 4.51. The Morgan fingerprint density at radius 1 is 1.35 bits per heavy atom. The molecule has 0 fully saturated rings. The van der Waals surface area contributed by atoms with Gasteiger partial charge in [0, 0.05) is 7.05 Å². The first-order chi connectivity index (χ1) is 10.8. The largest absolute Gasteiger partial charge is 0.406 e. The molecule has 0 radical (unpaired) electrons. The molecule has 1 heterocycles. The molecular weight excluding hydrogens is 327 g/mol. The van der Waals surface area contributed by atoms with E-state index in [-0.39, 0.29) is 11.1 Å². The Bertz CT molecular complexity index is 670. The van der Waals surface area contributed by atoms with Crippen molar-refractivity contribution in [1.29, 1.82) is 0 Å². The molecule has 0 bridgehead atoms. The predicted octanol–water partition coefficient (Wildman–Crippen LogP) is 3.34. The van der Waals surface area contributed by atoms with Crippen LogP contribution in [0.15, 0.2) is 41.7 Å². The van der Waals surface area contributed by atoms with E-state index < -0.39 is 18.0 Å². The lowest BCUT2D eigenvalue weighted by molar-refractivity contribution is -0.141. The Hall–Kier alpha value is -1.96. The fourth-order valence-corrected chi connectivity index (χ4v) is 2.98. The van der Waals surface area contributed by atoms with Crippen LogP contribution in [0.2, 0.25) is 0 Å². The van der Waals surface area contributed by atoms with Gasteiger partial charge >= 0.3 is 6.18 Å². The number of halogens is 3. The monoisotopic (exact) mass is 343 g/mol. The minimum Gasteiger partial charge on any atom is -0.358 e. The maximum absolute atomic E-state index is 12.9. The molecule has 23 heavy (non-hydrogen) atoms. The molecule has 8 heteroatoms. The van der Waals surface area contributed by atoms with E-state index in [0.717, 1.165) is 16.3 Å². The molecule has 0 saturated heterocycles. The first kappa shape index (κ1) is 17.4. The summed E-state index contributed by atoms with van der Waals surface area (Å²) in [5.74, 6) is -0.266. The summed E-state index contributed by atoms with van der Waals surface area (Å²) in [5, 5.41) is 2.09. The summed E-state index contributed by atoms with van der Waals surface area (Å²) in [6.07, 6.45) is -2.98. The number of benzene rings is 1. The fourth-order valence-electron chi connectivity index (χ4n) is 2.04. The number of alkyl halides is 3. The number of rotatable bonds is 5. The van der Waals surface area contributed by atoms with Gasteiger partial charge in [-0.15, -0.1) is 0 Å². The first-order valence-corrected chi connectivity index (χ1v) is 7.75. The number of imidazole rings is 1. The quantitative estimate of drug-likeness (QED) is 0.847. The highest BCUT2D eigenvalue weighted by atomic mass is 32.2. The molecule has 1 unspecified atom stereocenters. The van der Waals surface area contributed by atoms with E-state index in [1.807, 2.05) is 0 Å². The van der Waals surface area contributed by atoms with E-state index in [1.54, 1.807) is 37.3 Å². The highest BCUT2D eigenvalue weighted by molar-refractivity contribution is 8.00. The minimum atomic E-state index is -4.38. The van der Waals surface area contributed by atoms with Crippen molar-refractivity contribution in [1.82, 2.24) is 14.9 Å². The van der Waals surface area contributed by atoms with Crippen molar-refractivity contribution < 1.29 is 18.0 Å². The third-order valence-corrected chi connectivity index (χ3v) is 4.23. The summed E-state index contributed by atoms with van der Waals surface area (Å²) in [4.78, 5) is 15.7. The van der Waals surface area contributed by atoms with Gasteiger partial charge in [0.05, 0.1) is 17.1 Å². The highest BCUT2D eigenvalue weighted by Gasteiger charge is 2.31. The van der Waals surface area contributed by atoms with Crippen molar-refractivity contribution in [3.05, 3.63) is 36.5 Å². The van der Waals surface area contributed by atoms with Crippen LogP contribution < -0.4 is 5.32 Å². The summed E-state index contributed by atoms with van der Waals surface area (Å²) in [5.41, 5.74) is 1.01. The van der Waals surface area contributed by atoms with E-state index >= 15 is 0 Å². The number of carbonyl (C=O) groups excluding carboxylic acids is 1. The van der Waals surface area contributed by atoms with Crippen LogP contribution in [0.25, 0.3) is 11.3 Å². The lowest BCUT2D eigenvalue weighted by atomic mass is 10.2. The Morgan fingerprint density at radius 2 is 2.00 bits per heavy atom. The topological polar surface area (TPSA) is 46.9 Å². The van der Waals surface area contributed by atoms with Crippen molar-refractivity contribution in [2.75, 3.05) is 7.05 Å². The third-order valence-electron chi connectivity index (χ3n) is 3.12. The fraction of sp³-hybridized carbons (Fsp3) is 0.333. The maximum atomic E-state index is 12.9. The number of aromatic nitrogens is 2. The number of nitrogens with zero attached hydrogens (tertiary/aromatic N) is 2. The molecule has 2 rings (SSSR count). The van der Waals surface area contributed by atoms with Crippen LogP contribution in [0.1, 0.15) is 6.92 Å². The molecule has 1 amide bonds. The van der Waals surface area contributed by atoms with Crippen molar-refractivity contribution in [3.8, 4) is 11.3 Å². The predicted molar refractivity (Wildman–Crippen MR) is 83.1 cm³/mol. The van der Waals surface area contributed by atoms with Crippen LogP contribution in [-0.2, 0) is 11.3 Å². The SMILES string of the molecule is CNC(=O)C(C)Sc1ncc(-c2ccccc2)n1CC(F)(F)F. The van der Waals surface area contributed by atoms with Crippen LogP contribution in [0.3, 0.4) is 0 Å². The molecule has 1 N–H and O–H groups in total. The molecule has 0 aliphatic carbocycles. The molecule has 1 aromatic carbocycles. The number of hydrogen-bond acceptors (Lipinski definition) is 3. The minimum absolute atomic E-state index is 0.164. The van der Waals surface area contributed by atoms with Gasteiger partial charge < -0.3 is 9.88 Å². The van der Waals surface area contributed by atoms with E-state index in [1.165, 1.54) is 13.2 Å². The zero-order valence-electron chi connectivity index (χ0n) is 12.6. The summed E-state index contributed by atoms with van der Waals surface area (Å²) in [7, 11) is 1.48. The normalized spacial score (nSPS) is 12.9. The number of thioether (sulfide) groups is 1. The summed E-state index contributed by atoms with van der Waals surface area (Å²) >= 11 is 0.999. The van der Waals surface area contributed by atoms with Crippen LogP contribution in [-0.4, -0.2) is 33.9 Å². The molecule has 0 aliphatic rings. The molecular formula is C15H16F3N3OS. The molecule has 1 aromatic heterocycles. The van der Waals surface area contributed by atoms with E-state index in [2.05, 4.69) is 10.3 Å². The van der Waals surface area contributed by atoms with Crippen LogP contribution in [0.4, 0.5) is 13.2 Å². The molecule has 124 valence electrons. The Labute approximate surface area is 136 Å². The first-order valence-electron chi connectivity index (χ1n) is 6.88. The lowest BCUT2D eigenvalue weighted by Crippen LogP contribution is -2.28. The highest BCUT2D eigenvalue weighted by Crippen LogP contribution is 2.31. The van der Waals surface area contributed by atoms with Gasteiger partial charge in [-0.3, -0.25) is 4.79 Å². The van der Waals surface area contributed by atoms with Gasteiger partial charge in [0.1, 0.15) is 6.54 Å². The van der Waals surface area contributed by atoms with Crippen LogP contribution in [0, 0.1) is 0 Å². The van der Waals surface area contributed by atoms with E-state index in [4.69, 9.17) is 0 Å². The molecule has 2 aromatic rings. The van der Waals surface area contributed by atoms with Gasteiger partial charge in [-0.05, 0) is 12.5 Å². The second kappa shape index (κ2) is 7.08. The van der Waals surface area contributed by atoms with Gasteiger partial charge in [0.2, 0.25) is 5.91 Å². The second-order valence-corrected chi connectivity index (χ2v) is 6.18. The number of hydrogen-bond donors (Lipinski definition) is 1. The summed E-state index contributed by atoms with van der Waals surface area (Å²) in [6.45, 7) is 0.471.